The number of hydrogen-bond acceptors (Lipinski definition) is 4. The van der Waals surface area contributed by atoms with Crippen LogP contribution in [0.5, 0.6) is 11.5 Å². The molecular weight excluding hydrogens is 262 g/mol. The largest absolute Gasteiger partial charge is 0.497 e. The molecule has 2 aromatic rings. The Labute approximate surface area is 115 Å². The van der Waals surface area contributed by atoms with E-state index in [1.54, 1.807) is 22.9 Å². The quantitative estimate of drug-likeness (QED) is 0.896. The Hall–Kier alpha value is -2.50. The second-order valence-corrected chi connectivity index (χ2v) is 4.24. The van der Waals surface area contributed by atoms with Crippen LogP contribution in [0.2, 0.25) is 0 Å². The minimum Gasteiger partial charge on any atom is -0.497 e. The van der Waals surface area contributed by atoms with Crippen molar-refractivity contribution in [1.29, 1.82) is 0 Å². The lowest BCUT2D eigenvalue weighted by Crippen LogP contribution is -2.11. The Morgan fingerprint density at radius 1 is 1.30 bits per heavy atom. The Bertz CT molecular complexity index is 705. The lowest BCUT2D eigenvalue weighted by atomic mass is 10.1. The third-order valence-corrected chi connectivity index (χ3v) is 3.04. The number of benzene rings is 1. The van der Waals surface area contributed by atoms with Gasteiger partial charge in [-0.1, -0.05) is 0 Å². The first-order valence-electron chi connectivity index (χ1n) is 6.03. The highest BCUT2D eigenvalue weighted by atomic mass is 16.5. The van der Waals surface area contributed by atoms with Crippen molar-refractivity contribution in [2.24, 2.45) is 0 Å². The molecule has 1 aromatic carbocycles. The maximum absolute atomic E-state index is 12.0. The summed E-state index contributed by atoms with van der Waals surface area (Å²) < 4.78 is 12.1. The molecule has 0 radical (unpaired) electrons. The lowest BCUT2D eigenvalue weighted by Gasteiger charge is -2.13. The summed E-state index contributed by atoms with van der Waals surface area (Å²) in [6.45, 7) is 0.266. The van der Waals surface area contributed by atoms with E-state index in [9.17, 15) is 9.59 Å². The van der Waals surface area contributed by atoms with Crippen LogP contribution in [0.1, 0.15) is 6.42 Å². The van der Waals surface area contributed by atoms with Gasteiger partial charge in [-0.05, 0) is 0 Å². The Kier molecular flexibility index (Phi) is 3.93. The van der Waals surface area contributed by atoms with Gasteiger partial charge in [0.25, 0.3) is 0 Å². The number of aliphatic carboxylic acids is 1. The second kappa shape index (κ2) is 5.64. The van der Waals surface area contributed by atoms with Crippen LogP contribution >= 0.6 is 0 Å². The summed E-state index contributed by atoms with van der Waals surface area (Å²) in [5, 5.41) is 9.20. The first kappa shape index (κ1) is 13.9. The number of hydrogen-bond donors (Lipinski definition) is 1. The summed E-state index contributed by atoms with van der Waals surface area (Å²) in [7, 11) is 2.99. The molecule has 1 aromatic heterocycles. The highest BCUT2D eigenvalue weighted by Crippen LogP contribution is 2.28. The van der Waals surface area contributed by atoms with Crippen molar-refractivity contribution >= 4 is 16.9 Å². The minimum atomic E-state index is -0.897. The predicted octanol–water partition coefficient (Wildman–Crippen LogP) is 1.49. The Balaban J connectivity index is 2.68. The van der Waals surface area contributed by atoms with E-state index in [2.05, 4.69) is 0 Å². The molecule has 0 aliphatic carbocycles. The van der Waals surface area contributed by atoms with Crippen LogP contribution in [0.15, 0.2) is 29.2 Å². The predicted molar refractivity (Wildman–Crippen MR) is 73.6 cm³/mol. The van der Waals surface area contributed by atoms with Gasteiger partial charge in [0.1, 0.15) is 11.5 Å². The van der Waals surface area contributed by atoms with Gasteiger partial charge in [-0.2, -0.15) is 0 Å². The molecule has 0 aliphatic heterocycles. The first-order chi connectivity index (χ1) is 9.56. The number of ether oxygens (including phenoxy) is 2. The number of carboxylic acid groups (broad SMARTS) is 1. The van der Waals surface area contributed by atoms with Crippen molar-refractivity contribution in [2.45, 2.75) is 13.0 Å². The van der Waals surface area contributed by atoms with E-state index in [-0.39, 0.29) is 18.4 Å². The number of pyridine rings is 1. The van der Waals surface area contributed by atoms with E-state index in [0.717, 1.165) is 0 Å². The van der Waals surface area contributed by atoms with E-state index in [0.29, 0.717) is 22.4 Å². The van der Waals surface area contributed by atoms with Crippen molar-refractivity contribution < 1.29 is 19.4 Å². The van der Waals surface area contributed by atoms with Gasteiger partial charge < -0.3 is 19.1 Å². The van der Waals surface area contributed by atoms with Gasteiger partial charge in [0.2, 0.25) is 0 Å². The molecule has 0 unspecified atom stereocenters. The highest BCUT2D eigenvalue weighted by Gasteiger charge is 2.12. The number of carbonyl (C=O) groups is 1. The summed E-state index contributed by atoms with van der Waals surface area (Å²) in [4.78, 5) is 22.7. The number of rotatable bonds is 5. The minimum absolute atomic E-state index is 0.0303. The summed E-state index contributed by atoms with van der Waals surface area (Å²) in [6.07, 6.45) is 1.55. The SMILES string of the molecule is COc1cc(OC)c2c(=O)ccn(CCC(=O)O)c2c1. The molecule has 1 N–H and O–H groups in total. The van der Waals surface area contributed by atoms with Crippen LogP contribution in [0.25, 0.3) is 10.9 Å². The maximum Gasteiger partial charge on any atom is 0.305 e. The second-order valence-electron chi connectivity index (χ2n) is 4.24. The molecule has 106 valence electrons. The zero-order valence-electron chi connectivity index (χ0n) is 11.3. The van der Waals surface area contributed by atoms with Crippen molar-refractivity contribution in [2.75, 3.05) is 14.2 Å². The van der Waals surface area contributed by atoms with E-state index in [4.69, 9.17) is 14.6 Å². The fraction of sp³-hybridized carbons (Fsp3) is 0.286. The van der Waals surface area contributed by atoms with Crippen molar-refractivity contribution in [3.05, 3.63) is 34.6 Å². The van der Waals surface area contributed by atoms with Crippen LogP contribution in [0.4, 0.5) is 0 Å². The fourth-order valence-corrected chi connectivity index (χ4v) is 2.06. The molecule has 6 heteroatoms. The van der Waals surface area contributed by atoms with Crippen molar-refractivity contribution in [3.63, 3.8) is 0 Å². The average Bonchev–Trinajstić information content (AvgIpc) is 2.45. The molecular formula is C14H15NO5. The highest BCUT2D eigenvalue weighted by molar-refractivity contribution is 5.87. The molecule has 20 heavy (non-hydrogen) atoms. The third-order valence-electron chi connectivity index (χ3n) is 3.04. The Morgan fingerprint density at radius 3 is 2.65 bits per heavy atom. The maximum atomic E-state index is 12.0. The van der Waals surface area contributed by atoms with Gasteiger partial charge in [0.15, 0.2) is 5.43 Å². The molecule has 1 heterocycles. The first-order valence-corrected chi connectivity index (χ1v) is 6.03. The van der Waals surface area contributed by atoms with Crippen LogP contribution < -0.4 is 14.9 Å². The molecule has 0 amide bonds. The van der Waals surface area contributed by atoms with E-state index in [1.807, 2.05) is 0 Å². The molecule has 0 saturated heterocycles. The molecule has 2 rings (SSSR count). The lowest BCUT2D eigenvalue weighted by molar-refractivity contribution is -0.137. The summed E-state index contributed by atoms with van der Waals surface area (Å²) in [5.74, 6) is 0.0600. The molecule has 6 nitrogen and oxygen atoms in total. The standard InChI is InChI=1S/C14H15NO5/c1-19-9-7-10-14(12(8-9)20-2)11(16)3-5-15(10)6-4-13(17)18/h3,5,7-8H,4,6H2,1-2H3,(H,17,18). The van der Waals surface area contributed by atoms with E-state index in [1.165, 1.54) is 20.3 Å². The topological polar surface area (TPSA) is 77.8 Å². The molecule has 0 spiro atoms. The zero-order chi connectivity index (χ0) is 14.7. The smallest absolute Gasteiger partial charge is 0.305 e. The number of fused-ring (bicyclic) bond motifs is 1. The van der Waals surface area contributed by atoms with Crippen LogP contribution in [-0.4, -0.2) is 29.9 Å². The van der Waals surface area contributed by atoms with Crippen LogP contribution in [0, 0.1) is 0 Å². The van der Waals surface area contributed by atoms with Gasteiger partial charge in [0, 0.05) is 30.9 Å². The number of carboxylic acids is 1. The van der Waals surface area contributed by atoms with E-state index < -0.39 is 5.97 Å². The number of aryl methyl sites for hydroxylation is 1. The fourth-order valence-electron chi connectivity index (χ4n) is 2.06. The van der Waals surface area contributed by atoms with E-state index >= 15 is 0 Å². The van der Waals surface area contributed by atoms with Gasteiger partial charge in [-0.15, -0.1) is 0 Å². The van der Waals surface area contributed by atoms with Gasteiger partial charge in [-0.3, -0.25) is 9.59 Å². The monoisotopic (exact) mass is 277 g/mol. The summed E-state index contributed by atoms with van der Waals surface area (Å²) >= 11 is 0. The molecule has 0 saturated carbocycles. The van der Waals surface area contributed by atoms with Crippen LogP contribution in [0.3, 0.4) is 0 Å². The zero-order valence-corrected chi connectivity index (χ0v) is 11.3. The average molecular weight is 277 g/mol. The summed E-state index contributed by atoms with van der Waals surface area (Å²) in [5.41, 5.74) is 0.418. The normalized spacial score (nSPS) is 10.5. The molecule has 0 bridgehead atoms. The molecule has 0 fully saturated rings. The number of aromatic nitrogens is 1. The number of methoxy groups -OCH3 is 2. The van der Waals surface area contributed by atoms with Crippen molar-refractivity contribution in [3.8, 4) is 11.5 Å². The molecule has 0 atom stereocenters. The summed E-state index contributed by atoms with van der Waals surface area (Å²) in [6, 6.07) is 4.73. The van der Waals surface area contributed by atoms with Crippen molar-refractivity contribution in [1.82, 2.24) is 4.57 Å². The number of nitrogens with zero attached hydrogens (tertiary/aromatic N) is 1. The van der Waals surface area contributed by atoms with Gasteiger partial charge in [0.05, 0.1) is 31.5 Å². The Morgan fingerprint density at radius 2 is 2.05 bits per heavy atom. The third kappa shape index (κ3) is 2.59. The molecule has 0 aliphatic rings. The van der Waals surface area contributed by atoms with Crippen LogP contribution in [-0.2, 0) is 11.3 Å². The van der Waals surface area contributed by atoms with Gasteiger partial charge in [-0.25, -0.2) is 0 Å². The van der Waals surface area contributed by atoms with Gasteiger partial charge >= 0.3 is 5.97 Å².